The van der Waals surface area contributed by atoms with E-state index in [0.29, 0.717) is 0 Å². The quantitative estimate of drug-likeness (QED) is 0.834. The fraction of sp³-hybridized carbons (Fsp3) is 1.00. The predicted octanol–water partition coefficient (Wildman–Crippen LogP) is 2.68. The number of thioether (sulfide) groups is 1. The largest absolute Gasteiger partial charge is 0.374 e. The van der Waals surface area contributed by atoms with Gasteiger partial charge < -0.3 is 10.1 Å². The van der Waals surface area contributed by atoms with E-state index in [0.717, 1.165) is 24.5 Å². The fourth-order valence-corrected chi connectivity index (χ4v) is 4.91. The molecule has 1 saturated carbocycles. The van der Waals surface area contributed by atoms with E-state index in [1.54, 1.807) is 0 Å². The fourth-order valence-electron chi connectivity index (χ4n) is 3.53. The molecular weight excluding hydrogens is 230 g/mol. The van der Waals surface area contributed by atoms with Crippen LogP contribution < -0.4 is 5.32 Å². The monoisotopic (exact) mass is 255 g/mol. The highest BCUT2D eigenvalue weighted by Crippen LogP contribution is 2.43. The topological polar surface area (TPSA) is 21.3 Å². The van der Waals surface area contributed by atoms with Crippen molar-refractivity contribution in [3.63, 3.8) is 0 Å². The van der Waals surface area contributed by atoms with Gasteiger partial charge in [0, 0.05) is 18.4 Å². The molecule has 17 heavy (non-hydrogen) atoms. The average molecular weight is 255 g/mol. The SMILES string of the molecule is CNC(CC1CC1)C1CCOC2(CCSC2)C1. The van der Waals surface area contributed by atoms with Crippen LogP contribution in [0.2, 0.25) is 0 Å². The van der Waals surface area contributed by atoms with Crippen LogP contribution in [0.1, 0.15) is 38.5 Å². The van der Waals surface area contributed by atoms with Gasteiger partial charge in [0.2, 0.25) is 0 Å². The Morgan fingerprint density at radius 3 is 2.94 bits per heavy atom. The molecule has 3 atom stereocenters. The maximum absolute atomic E-state index is 6.12. The smallest absolute Gasteiger partial charge is 0.0783 e. The molecule has 2 heterocycles. The van der Waals surface area contributed by atoms with Gasteiger partial charge in [-0.05, 0) is 50.3 Å². The van der Waals surface area contributed by atoms with Crippen LogP contribution in [0, 0.1) is 11.8 Å². The Kier molecular flexibility index (Phi) is 3.69. The van der Waals surface area contributed by atoms with Crippen molar-refractivity contribution < 1.29 is 4.74 Å². The van der Waals surface area contributed by atoms with E-state index in [4.69, 9.17) is 4.74 Å². The van der Waals surface area contributed by atoms with Gasteiger partial charge in [-0.1, -0.05) is 12.8 Å². The maximum atomic E-state index is 6.12. The first kappa shape index (κ1) is 12.3. The van der Waals surface area contributed by atoms with Crippen molar-refractivity contribution in [1.29, 1.82) is 0 Å². The molecule has 1 spiro atoms. The molecular formula is C14H25NOS. The molecule has 3 unspecified atom stereocenters. The highest BCUT2D eigenvalue weighted by atomic mass is 32.2. The number of rotatable bonds is 4. The summed E-state index contributed by atoms with van der Waals surface area (Å²) in [7, 11) is 2.15. The summed E-state index contributed by atoms with van der Waals surface area (Å²) in [4.78, 5) is 0. The van der Waals surface area contributed by atoms with Crippen molar-refractivity contribution in [3.05, 3.63) is 0 Å². The molecule has 2 aliphatic heterocycles. The lowest BCUT2D eigenvalue weighted by Crippen LogP contribution is -2.46. The van der Waals surface area contributed by atoms with Crippen molar-refractivity contribution in [3.8, 4) is 0 Å². The van der Waals surface area contributed by atoms with Gasteiger partial charge in [0.25, 0.3) is 0 Å². The molecule has 1 aliphatic carbocycles. The molecule has 98 valence electrons. The van der Waals surface area contributed by atoms with Gasteiger partial charge in [-0.25, -0.2) is 0 Å². The van der Waals surface area contributed by atoms with E-state index in [2.05, 4.69) is 24.1 Å². The standard InChI is InChI=1S/C14H25NOS/c1-15-13(8-11-2-3-11)12-4-6-16-14(9-12)5-7-17-10-14/h11-13,15H,2-10H2,1H3. The van der Waals surface area contributed by atoms with Crippen molar-refractivity contribution in [1.82, 2.24) is 5.32 Å². The Balaban J connectivity index is 1.60. The number of hydrogen-bond acceptors (Lipinski definition) is 3. The lowest BCUT2D eigenvalue weighted by Gasteiger charge is -2.41. The molecule has 0 radical (unpaired) electrons. The highest BCUT2D eigenvalue weighted by molar-refractivity contribution is 7.99. The van der Waals surface area contributed by atoms with E-state index in [-0.39, 0.29) is 5.60 Å². The van der Waals surface area contributed by atoms with E-state index in [9.17, 15) is 0 Å². The van der Waals surface area contributed by atoms with Crippen molar-refractivity contribution in [2.75, 3.05) is 25.2 Å². The van der Waals surface area contributed by atoms with Gasteiger partial charge in [0.1, 0.15) is 0 Å². The molecule has 2 saturated heterocycles. The van der Waals surface area contributed by atoms with Crippen LogP contribution in [0.3, 0.4) is 0 Å². The second kappa shape index (κ2) is 5.10. The van der Waals surface area contributed by atoms with E-state index in [1.165, 1.54) is 50.0 Å². The van der Waals surface area contributed by atoms with Gasteiger partial charge in [0.15, 0.2) is 0 Å². The van der Waals surface area contributed by atoms with E-state index in [1.807, 2.05) is 0 Å². The summed E-state index contributed by atoms with van der Waals surface area (Å²) >= 11 is 2.08. The van der Waals surface area contributed by atoms with E-state index < -0.39 is 0 Å². The first-order chi connectivity index (χ1) is 8.31. The zero-order chi connectivity index (χ0) is 11.7. The summed E-state index contributed by atoms with van der Waals surface area (Å²) in [5.74, 6) is 4.43. The highest BCUT2D eigenvalue weighted by Gasteiger charge is 2.42. The average Bonchev–Trinajstić information content (AvgIpc) is 3.07. The van der Waals surface area contributed by atoms with Crippen LogP contribution in [0.5, 0.6) is 0 Å². The summed E-state index contributed by atoms with van der Waals surface area (Å²) in [6.07, 6.45) is 8.21. The Hall–Kier alpha value is 0.270. The third-order valence-corrected chi connectivity index (χ3v) is 6.05. The van der Waals surface area contributed by atoms with Gasteiger partial charge in [-0.3, -0.25) is 0 Å². The zero-order valence-corrected chi connectivity index (χ0v) is 11.7. The van der Waals surface area contributed by atoms with Crippen LogP contribution in [0.4, 0.5) is 0 Å². The molecule has 1 N–H and O–H groups in total. The normalized spacial score (nSPS) is 39.7. The minimum absolute atomic E-state index is 0.256. The minimum atomic E-state index is 0.256. The molecule has 3 fully saturated rings. The zero-order valence-electron chi connectivity index (χ0n) is 10.9. The predicted molar refractivity (Wildman–Crippen MR) is 73.5 cm³/mol. The molecule has 3 rings (SSSR count). The summed E-state index contributed by atoms with van der Waals surface area (Å²) in [5.41, 5.74) is 0.256. The van der Waals surface area contributed by atoms with Crippen LogP contribution in [0.25, 0.3) is 0 Å². The summed E-state index contributed by atoms with van der Waals surface area (Å²) in [5, 5.41) is 3.59. The van der Waals surface area contributed by atoms with Crippen LogP contribution >= 0.6 is 11.8 Å². The van der Waals surface area contributed by atoms with Gasteiger partial charge in [-0.15, -0.1) is 0 Å². The van der Waals surface area contributed by atoms with Crippen LogP contribution in [-0.2, 0) is 4.74 Å². The third-order valence-electron chi connectivity index (χ3n) is 4.82. The van der Waals surface area contributed by atoms with Gasteiger partial charge in [-0.2, -0.15) is 11.8 Å². The Bertz CT molecular complexity index is 261. The second-order valence-electron chi connectivity index (χ2n) is 6.16. The van der Waals surface area contributed by atoms with Crippen molar-refractivity contribution in [2.24, 2.45) is 11.8 Å². The summed E-state index contributed by atoms with van der Waals surface area (Å²) < 4.78 is 6.12. The molecule has 0 aromatic carbocycles. The minimum Gasteiger partial charge on any atom is -0.374 e. The van der Waals surface area contributed by atoms with Gasteiger partial charge in [0.05, 0.1) is 5.60 Å². The Morgan fingerprint density at radius 2 is 2.29 bits per heavy atom. The lowest BCUT2D eigenvalue weighted by atomic mass is 9.80. The van der Waals surface area contributed by atoms with Crippen LogP contribution in [0.15, 0.2) is 0 Å². The molecule has 0 aromatic rings. The van der Waals surface area contributed by atoms with Crippen molar-refractivity contribution >= 4 is 11.8 Å². The molecule has 3 aliphatic rings. The number of ether oxygens (including phenoxy) is 1. The summed E-state index contributed by atoms with van der Waals surface area (Å²) in [6.45, 7) is 0.994. The van der Waals surface area contributed by atoms with Gasteiger partial charge >= 0.3 is 0 Å². The number of nitrogens with one attached hydrogen (secondary N) is 1. The molecule has 2 nitrogen and oxygen atoms in total. The maximum Gasteiger partial charge on any atom is 0.0783 e. The second-order valence-corrected chi connectivity index (χ2v) is 7.27. The Labute approximate surface area is 109 Å². The Morgan fingerprint density at radius 1 is 1.41 bits per heavy atom. The third kappa shape index (κ3) is 2.82. The molecule has 3 heteroatoms. The number of hydrogen-bond donors (Lipinski definition) is 1. The van der Waals surface area contributed by atoms with E-state index >= 15 is 0 Å². The van der Waals surface area contributed by atoms with Crippen molar-refractivity contribution in [2.45, 2.75) is 50.2 Å². The van der Waals surface area contributed by atoms with Crippen LogP contribution in [-0.4, -0.2) is 36.8 Å². The molecule has 0 bridgehead atoms. The molecule has 0 aromatic heterocycles. The lowest BCUT2D eigenvalue weighted by molar-refractivity contribution is -0.0854. The molecule has 0 amide bonds. The first-order valence-corrected chi connectivity index (χ1v) is 8.36. The summed E-state index contributed by atoms with van der Waals surface area (Å²) in [6, 6.07) is 0.744. The first-order valence-electron chi connectivity index (χ1n) is 7.20.